The van der Waals surface area contributed by atoms with E-state index in [1.807, 2.05) is 11.4 Å². The summed E-state index contributed by atoms with van der Waals surface area (Å²) in [5.41, 5.74) is 1.02. The number of amides is 2. The molecule has 2 N–H and O–H groups in total. The van der Waals surface area contributed by atoms with Gasteiger partial charge >= 0.3 is 12.0 Å². The number of urea groups is 1. The van der Waals surface area contributed by atoms with E-state index in [1.165, 1.54) is 4.90 Å². The predicted molar refractivity (Wildman–Crippen MR) is 69.1 cm³/mol. The van der Waals surface area contributed by atoms with Crippen LogP contribution in [0, 0.1) is 0 Å². The van der Waals surface area contributed by atoms with Gasteiger partial charge in [-0.3, -0.25) is 4.79 Å². The number of thiophene rings is 1. The van der Waals surface area contributed by atoms with Gasteiger partial charge in [-0.1, -0.05) is 0 Å². The second kappa shape index (κ2) is 6.61. The van der Waals surface area contributed by atoms with Crippen molar-refractivity contribution in [2.24, 2.45) is 0 Å². The minimum Gasteiger partial charge on any atom is -0.481 e. The SMILES string of the molecule is CN(CCC(=O)O)C(=O)NCc1csc(Br)c1. The predicted octanol–water partition coefficient (Wildman–Crippen LogP) is 2.13. The molecule has 5 nitrogen and oxygen atoms in total. The number of hydrogen-bond acceptors (Lipinski definition) is 3. The normalized spacial score (nSPS) is 10.0. The van der Waals surface area contributed by atoms with Crippen LogP contribution in [0.15, 0.2) is 15.2 Å². The number of hydrogen-bond donors (Lipinski definition) is 2. The highest BCUT2D eigenvalue weighted by molar-refractivity contribution is 9.11. The molecule has 0 bridgehead atoms. The molecule has 1 rings (SSSR count). The molecular formula is C10H13BrN2O3S. The highest BCUT2D eigenvalue weighted by Crippen LogP contribution is 2.20. The lowest BCUT2D eigenvalue weighted by atomic mass is 10.3. The molecule has 0 fully saturated rings. The highest BCUT2D eigenvalue weighted by Gasteiger charge is 2.09. The molecule has 0 aliphatic heterocycles. The third kappa shape index (κ3) is 5.18. The summed E-state index contributed by atoms with van der Waals surface area (Å²) in [6.45, 7) is 0.646. The Kier molecular flexibility index (Phi) is 5.43. The number of carboxylic acid groups (broad SMARTS) is 1. The average molecular weight is 321 g/mol. The van der Waals surface area contributed by atoms with Gasteiger partial charge in [0.15, 0.2) is 0 Å². The number of carboxylic acids is 1. The van der Waals surface area contributed by atoms with Crippen LogP contribution in [-0.4, -0.2) is 35.6 Å². The van der Waals surface area contributed by atoms with Crippen molar-refractivity contribution in [3.8, 4) is 0 Å². The van der Waals surface area contributed by atoms with E-state index in [1.54, 1.807) is 18.4 Å². The fourth-order valence-corrected chi connectivity index (χ4v) is 2.33. The van der Waals surface area contributed by atoms with Crippen LogP contribution in [0.5, 0.6) is 0 Å². The van der Waals surface area contributed by atoms with Gasteiger partial charge < -0.3 is 15.3 Å². The van der Waals surface area contributed by atoms with Crippen LogP contribution in [-0.2, 0) is 11.3 Å². The summed E-state index contributed by atoms with van der Waals surface area (Å²) in [6.07, 6.45) is -0.0477. The molecule has 0 aliphatic rings. The molecule has 0 unspecified atom stereocenters. The summed E-state index contributed by atoms with van der Waals surface area (Å²) in [6, 6.07) is 1.66. The fraction of sp³-hybridized carbons (Fsp3) is 0.400. The summed E-state index contributed by atoms with van der Waals surface area (Å²) in [5, 5.41) is 13.2. The number of carbonyl (C=O) groups excluding carboxylic acids is 1. The second-order valence-electron chi connectivity index (χ2n) is 3.48. The van der Waals surface area contributed by atoms with Crippen molar-refractivity contribution in [3.05, 3.63) is 20.8 Å². The zero-order valence-corrected chi connectivity index (χ0v) is 11.7. The summed E-state index contributed by atoms with van der Waals surface area (Å²) >= 11 is 4.89. The van der Waals surface area contributed by atoms with Crippen molar-refractivity contribution in [1.29, 1.82) is 0 Å². The zero-order chi connectivity index (χ0) is 12.8. The minimum absolute atomic E-state index is 0.0477. The molecule has 0 saturated carbocycles. The van der Waals surface area contributed by atoms with Crippen LogP contribution < -0.4 is 5.32 Å². The van der Waals surface area contributed by atoms with Gasteiger partial charge in [-0.15, -0.1) is 11.3 Å². The van der Waals surface area contributed by atoms with Crippen LogP contribution in [0.25, 0.3) is 0 Å². The number of halogens is 1. The molecular weight excluding hydrogens is 308 g/mol. The Morgan fingerprint density at radius 1 is 1.59 bits per heavy atom. The Bertz CT molecular complexity index is 408. The fourth-order valence-electron chi connectivity index (χ4n) is 1.12. The summed E-state index contributed by atoms with van der Waals surface area (Å²) in [7, 11) is 1.57. The maximum absolute atomic E-state index is 11.5. The average Bonchev–Trinajstić information content (AvgIpc) is 2.68. The molecule has 0 atom stereocenters. The van der Waals surface area contributed by atoms with E-state index < -0.39 is 5.97 Å². The summed E-state index contributed by atoms with van der Waals surface area (Å²) < 4.78 is 1.01. The quantitative estimate of drug-likeness (QED) is 0.873. The van der Waals surface area contributed by atoms with Crippen molar-refractivity contribution >= 4 is 39.3 Å². The van der Waals surface area contributed by atoms with E-state index >= 15 is 0 Å². The molecule has 17 heavy (non-hydrogen) atoms. The van der Waals surface area contributed by atoms with Crippen molar-refractivity contribution in [3.63, 3.8) is 0 Å². The lowest BCUT2D eigenvalue weighted by molar-refractivity contribution is -0.137. The largest absolute Gasteiger partial charge is 0.481 e. The third-order valence-corrected chi connectivity index (χ3v) is 3.63. The lowest BCUT2D eigenvalue weighted by Crippen LogP contribution is -2.37. The summed E-state index contributed by atoms with van der Waals surface area (Å²) in [5.74, 6) is -0.911. The highest BCUT2D eigenvalue weighted by atomic mass is 79.9. The van der Waals surface area contributed by atoms with E-state index in [9.17, 15) is 9.59 Å². The van der Waals surface area contributed by atoms with Gasteiger partial charge in [-0.2, -0.15) is 0 Å². The van der Waals surface area contributed by atoms with Crippen molar-refractivity contribution < 1.29 is 14.7 Å². The van der Waals surface area contributed by atoms with Gasteiger partial charge in [-0.05, 0) is 32.9 Å². The van der Waals surface area contributed by atoms with E-state index in [2.05, 4.69) is 21.2 Å². The van der Waals surface area contributed by atoms with Crippen LogP contribution in [0.4, 0.5) is 4.79 Å². The molecule has 1 aromatic rings. The topological polar surface area (TPSA) is 69.6 Å². The standard InChI is InChI=1S/C10H13BrN2O3S/c1-13(3-2-9(14)15)10(16)12-5-7-4-8(11)17-6-7/h4,6H,2-3,5H2,1H3,(H,12,16)(H,14,15). The lowest BCUT2D eigenvalue weighted by Gasteiger charge is -2.16. The molecule has 0 saturated heterocycles. The molecule has 7 heteroatoms. The third-order valence-electron chi connectivity index (χ3n) is 2.07. The Morgan fingerprint density at radius 2 is 2.29 bits per heavy atom. The number of rotatable bonds is 5. The molecule has 0 spiro atoms. The van der Waals surface area contributed by atoms with Gasteiger partial charge in [0.25, 0.3) is 0 Å². The van der Waals surface area contributed by atoms with Crippen LogP contribution in [0.2, 0.25) is 0 Å². The minimum atomic E-state index is -0.911. The molecule has 0 radical (unpaired) electrons. The Balaban J connectivity index is 2.31. The molecule has 1 heterocycles. The monoisotopic (exact) mass is 320 g/mol. The van der Waals surface area contributed by atoms with E-state index in [0.717, 1.165) is 9.35 Å². The Labute approximate surface area is 112 Å². The molecule has 2 amide bonds. The Morgan fingerprint density at radius 3 is 2.82 bits per heavy atom. The van der Waals surface area contributed by atoms with Crippen molar-refractivity contribution in [1.82, 2.24) is 10.2 Å². The maximum atomic E-state index is 11.5. The molecule has 0 aliphatic carbocycles. The number of aliphatic carboxylic acids is 1. The van der Waals surface area contributed by atoms with E-state index in [0.29, 0.717) is 6.54 Å². The van der Waals surface area contributed by atoms with Gasteiger partial charge in [0, 0.05) is 20.1 Å². The van der Waals surface area contributed by atoms with Gasteiger partial charge in [-0.25, -0.2) is 4.79 Å². The van der Waals surface area contributed by atoms with Crippen LogP contribution in [0.1, 0.15) is 12.0 Å². The summed E-state index contributed by atoms with van der Waals surface area (Å²) in [4.78, 5) is 23.3. The van der Waals surface area contributed by atoms with Gasteiger partial charge in [0.2, 0.25) is 0 Å². The molecule has 94 valence electrons. The Hall–Kier alpha value is -1.08. The zero-order valence-electron chi connectivity index (χ0n) is 9.27. The first kappa shape index (κ1) is 14.0. The maximum Gasteiger partial charge on any atom is 0.317 e. The second-order valence-corrected chi connectivity index (χ2v) is 5.77. The first-order valence-electron chi connectivity index (χ1n) is 4.92. The van der Waals surface area contributed by atoms with Crippen molar-refractivity contribution in [2.75, 3.05) is 13.6 Å². The van der Waals surface area contributed by atoms with Crippen LogP contribution >= 0.6 is 27.3 Å². The number of carbonyl (C=O) groups is 2. The number of nitrogens with one attached hydrogen (secondary N) is 1. The van der Waals surface area contributed by atoms with Crippen LogP contribution in [0.3, 0.4) is 0 Å². The van der Waals surface area contributed by atoms with Crippen molar-refractivity contribution in [2.45, 2.75) is 13.0 Å². The smallest absolute Gasteiger partial charge is 0.317 e. The molecule has 0 aromatic carbocycles. The number of nitrogens with zero attached hydrogens (tertiary/aromatic N) is 1. The van der Waals surface area contributed by atoms with E-state index in [4.69, 9.17) is 5.11 Å². The first-order chi connectivity index (χ1) is 7.99. The molecule has 1 aromatic heterocycles. The van der Waals surface area contributed by atoms with Gasteiger partial charge in [0.05, 0.1) is 10.2 Å². The van der Waals surface area contributed by atoms with Gasteiger partial charge in [0.1, 0.15) is 0 Å². The van der Waals surface area contributed by atoms with E-state index in [-0.39, 0.29) is 19.0 Å². The first-order valence-corrected chi connectivity index (χ1v) is 6.60.